The van der Waals surface area contributed by atoms with Gasteiger partial charge in [-0.3, -0.25) is 4.79 Å². The molecule has 1 rings (SSSR count). The SMILES string of the molecule is CN(C)CCN(C)C(=O)c1ccc(OC(C)(C)C)cc1. The summed E-state index contributed by atoms with van der Waals surface area (Å²) in [5, 5.41) is 0. The molecule has 4 nitrogen and oxygen atoms in total. The third kappa shape index (κ3) is 5.61. The van der Waals surface area contributed by atoms with Crippen LogP contribution in [0.2, 0.25) is 0 Å². The monoisotopic (exact) mass is 278 g/mol. The van der Waals surface area contributed by atoms with E-state index in [-0.39, 0.29) is 11.5 Å². The summed E-state index contributed by atoms with van der Waals surface area (Å²) in [5.74, 6) is 0.819. The number of nitrogens with zero attached hydrogens (tertiary/aromatic N) is 2. The molecule has 0 fully saturated rings. The molecule has 0 aliphatic heterocycles. The summed E-state index contributed by atoms with van der Waals surface area (Å²) >= 11 is 0. The van der Waals surface area contributed by atoms with Crippen molar-refractivity contribution < 1.29 is 9.53 Å². The number of rotatable bonds is 5. The van der Waals surface area contributed by atoms with Crippen molar-refractivity contribution >= 4 is 5.91 Å². The van der Waals surface area contributed by atoms with Gasteiger partial charge in [0, 0.05) is 25.7 Å². The van der Waals surface area contributed by atoms with E-state index >= 15 is 0 Å². The number of carbonyl (C=O) groups is 1. The average Bonchev–Trinajstić information content (AvgIpc) is 2.34. The van der Waals surface area contributed by atoms with Gasteiger partial charge in [0.15, 0.2) is 0 Å². The highest BCUT2D eigenvalue weighted by molar-refractivity contribution is 5.94. The molecule has 0 aliphatic carbocycles. The first-order chi connectivity index (χ1) is 9.19. The maximum atomic E-state index is 12.2. The molecule has 0 saturated heterocycles. The Morgan fingerprint density at radius 1 is 1.05 bits per heavy atom. The number of benzene rings is 1. The number of amides is 1. The minimum absolute atomic E-state index is 0.0363. The molecule has 1 amide bonds. The van der Waals surface area contributed by atoms with Gasteiger partial charge in [0.05, 0.1) is 0 Å². The van der Waals surface area contributed by atoms with Crippen LogP contribution in [0.15, 0.2) is 24.3 Å². The van der Waals surface area contributed by atoms with Gasteiger partial charge in [-0.15, -0.1) is 0 Å². The molecule has 1 aromatic carbocycles. The second kappa shape index (κ2) is 6.75. The molecule has 20 heavy (non-hydrogen) atoms. The van der Waals surface area contributed by atoms with Gasteiger partial charge in [-0.2, -0.15) is 0 Å². The molecule has 0 radical (unpaired) electrons. The maximum Gasteiger partial charge on any atom is 0.253 e. The Morgan fingerprint density at radius 2 is 1.60 bits per heavy atom. The van der Waals surface area contributed by atoms with E-state index in [1.165, 1.54) is 0 Å². The first-order valence-corrected chi connectivity index (χ1v) is 6.88. The van der Waals surface area contributed by atoms with E-state index in [0.29, 0.717) is 12.1 Å². The summed E-state index contributed by atoms with van der Waals surface area (Å²) in [6, 6.07) is 7.32. The third-order valence-electron chi connectivity index (χ3n) is 2.75. The van der Waals surface area contributed by atoms with Gasteiger partial charge in [-0.1, -0.05) is 0 Å². The Labute approximate surface area is 122 Å². The van der Waals surface area contributed by atoms with E-state index in [1.807, 2.05) is 66.2 Å². The van der Waals surface area contributed by atoms with Crippen molar-refractivity contribution in [1.82, 2.24) is 9.80 Å². The van der Waals surface area contributed by atoms with Gasteiger partial charge in [0.2, 0.25) is 0 Å². The van der Waals surface area contributed by atoms with E-state index in [1.54, 1.807) is 4.90 Å². The lowest BCUT2D eigenvalue weighted by Crippen LogP contribution is -2.33. The van der Waals surface area contributed by atoms with Crippen molar-refractivity contribution in [3.8, 4) is 5.75 Å². The minimum atomic E-state index is -0.228. The Balaban J connectivity index is 2.65. The summed E-state index contributed by atoms with van der Waals surface area (Å²) < 4.78 is 5.74. The molecule has 0 spiro atoms. The molecule has 0 aromatic heterocycles. The average molecular weight is 278 g/mol. The molecular formula is C16H26N2O2. The van der Waals surface area contributed by atoms with Crippen LogP contribution in [0.1, 0.15) is 31.1 Å². The quantitative estimate of drug-likeness (QED) is 0.829. The van der Waals surface area contributed by atoms with Gasteiger partial charge in [0.1, 0.15) is 11.4 Å². The van der Waals surface area contributed by atoms with E-state index in [2.05, 4.69) is 4.90 Å². The van der Waals surface area contributed by atoms with Gasteiger partial charge < -0.3 is 14.5 Å². The maximum absolute atomic E-state index is 12.2. The topological polar surface area (TPSA) is 32.8 Å². The Bertz CT molecular complexity index is 433. The van der Waals surface area contributed by atoms with Crippen molar-refractivity contribution in [1.29, 1.82) is 0 Å². The molecule has 0 heterocycles. The first kappa shape index (κ1) is 16.5. The van der Waals surface area contributed by atoms with Gasteiger partial charge in [-0.25, -0.2) is 0 Å². The van der Waals surface area contributed by atoms with Gasteiger partial charge in [-0.05, 0) is 59.1 Å². The highest BCUT2D eigenvalue weighted by Gasteiger charge is 2.14. The van der Waals surface area contributed by atoms with Crippen LogP contribution in [0.25, 0.3) is 0 Å². The molecule has 0 bridgehead atoms. The summed E-state index contributed by atoms with van der Waals surface area (Å²) in [5.41, 5.74) is 0.459. The zero-order valence-electron chi connectivity index (χ0n) is 13.4. The van der Waals surface area contributed by atoms with Crippen LogP contribution in [-0.2, 0) is 0 Å². The standard InChI is InChI=1S/C16H26N2O2/c1-16(2,3)20-14-9-7-13(8-10-14)15(19)18(6)12-11-17(4)5/h7-10H,11-12H2,1-6H3. The number of hydrogen-bond acceptors (Lipinski definition) is 3. The molecule has 4 heteroatoms. The first-order valence-electron chi connectivity index (χ1n) is 6.88. The Hall–Kier alpha value is -1.55. The zero-order chi connectivity index (χ0) is 15.3. The zero-order valence-corrected chi connectivity index (χ0v) is 13.4. The molecule has 0 atom stereocenters. The van der Waals surface area contributed by atoms with Gasteiger partial charge >= 0.3 is 0 Å². The highest BCUT2D eigenvalue weighted by Crippen LogP contribution is 2.19. The van der Waals surface area contributed by atoms with Gasteiger partial charge in [0.25, 0.3) is 5.91 Å². The van der Waals surface area contributed by atoms with Crippen LogP contribution in [0, 0.1) is 0 Å². The molecule has 0 aliphatic rings. The molecule has 0 unspecified atom stereocenters. The molecule has 1 aromatic rings. The number of ether oxygens (including phenoxy) is 1. The Kier molecular flexibility index (Phi) is 5.57. The van der Waals surface area contributed by atoms with Crippen LogP contribution in [0.4, 0.5) is 0 Å². The fourth-order valence-electron chi connectivity index (χ4n) is 1.69. The summed E-state index contributed by atoms with van der Waals surface area (Å²) in [6.45, 7) is 7.57. The van der Waals surface area contributed by atoms with E-state index in [4.69, 9.17) is 4.74 Å². The molecular weight excluding hydrogens is 252 g/mol. The summed E-state index contributed by atoms with van der Waals surface area (Å²) in [4.78, 5) is 16.0. The minimum Gasteiger partial charge on any atom is -0.488 e. The molecule has 0 N–H and O–H groups in total. The lowest BCUT2D eigenvalue weighted by Gasteiger charge is -2.22. The second-order valence-corrected chi connectivity index (χ2v) is 6.27. The normalized spacial score (nSPS) is 11.6. The molecule has 112 valence electrons. The predicted octanol–water partition coefficient (Wildman–Crippen LogP) is 2.50. The second-order valence-electron chi connectivity index (χ2n) is 6.27. The lowest BCUT2D eigenvalue weighted by atomic mass is 10.1. The van der Waals surface area contributed by atoms with E-state index in [9.17, 15) is 4.79 Å². The van der Waals surface area contributed by atoms with Crippen molar-refractivity contribution in [3.05, 3.63) is 29.8 Å². The lowest BCUT2D eigenvalue weighted by molar-refractivity contribution is 0.0786. The molecule has 0 saturated carbocycles. The Morgan fingerprint density at radius 3 is 2.05 bits per heavy atom. The fourth-order valence-corrected chi connectivity index (χ4v) is 1.69. The highest BCUT2D eigenvalue weighted by atomic mass is 16.5. The van der Waals surface area contributed by atoms with Crippen LogP contribution in [0.5, 0.6) is 5.75 Å². The van der Waals surface area contributed by atoms with E-state index in [0.717, 1.165) is 12.3 Å². The largest absolute Gasteiger partial charge is 0.488 e. The van der Waals surface area contributed by atoms with Crippen LogP contribution >= 0.6 is 0 Å². The fraction of sp³-hybridized carbons (Fsp3) is 0.562. The predicted molar refractivity (Wildman–Crippen MR) is 82.3 cm³/mol. The van der Waals surface area contributed by atoms with Crippen molar-refractivity contribution in [3.63, 3.8) is 0 Å². The van der Waals surface area contributed by atoms with Crippen molar-refractivity contribution in [2.75, 3.05) is 34.2 Å². The summed E-state index contributed by atoms with van der Waals surface area (Å²) in [7, 11) is 5.82. The number of likely N-dealkylation sites (N-methyl/N-ethyl adjacent to an activating group) is 2. The van der Waals surface area contributed by atoms with Crippen LogP contribution in [-0.4, -0.2) is 55.5 Å². The smallest absolute Gasteiger partial charge is 0.253 e. The van der Waals surface area contributed by atoms with Crippen LogP contribution in [0.3, 0.4) is 0 Å². The number of carbonyl (C=O) groups excluding carboxylic acids is 1. The van der Waals surface area contributed by atoms with E-state index < -0.39 is 0 Å². The number of hydrogen-bond donors (Lipinski definition) is 0. The van der Waals surface area contributed by atoms with Crippen molar-refractivity contribution in [2.24, 2.45) is 0 Å². The summed E-state index contributed by atoms with van der Waals surface area (Å²) in [6.07, 6.45) is 0. The van der Waals surface area contributed by atoms with Crippen LogP contribution < -0.4 is 4.74 Å². The third-order valence-corrected chi connectivity index (χ3v) is 2.75. The van der Waals surface area contributed by atoms with Crippen molar-refractivity contribution in [2.45, 2.75) is 26.4 Å².